The maximum absolute atomic E-state index is 6.03. The van der Waals surface area contributed by atoms with Crippen molar-refractivity contribution < 1.29 is 4.74 Å². The Morgan fingerprint density at radius 1 is 1.45 bits per heavy atom. The lowest BCUT2D eigenvalue weighted by atomic mass is 9.69. The van der Waals surface area contributed by atoms with Crippen LogP contribution in [0.4, 0.5) is 0 Å². The van der Waals surface area contributed by atoms with Gasteiger partial charge in [0.1, 0.15) is 0 Å². The van der Waals surface area contributed by atoms with Gasteiger partial charge in [-0.05, 0) is 62.1 Å². The Labute approximate surface area is 129 Å². The summed E-state index contributed by atoms with van der Waals surface area (Å²) in [4.78, 5) is 0. The Kier molecular flexibility index (Phi) is 4.18. The normalized spacial score (nSPS) is 26.2. The molecule has 0 aromatic heterocycles. The van der Waals surface area contributed by atoms with E-state index in [1.165, 1.54) is 30.4 Å². The molecule has 2 atom stereocenters. The van der Waals surface area contributed by atoms with E-state index < -0.39 is 0 Å². The van der Waals surface area contributed by atoms with Crippen molar-refractivity contribution in [3.63, 3.8) is 0 Å². The van der Waals surface area contributed by atoms with Crippen LogP contribution in [-0.4, -0.2) is 12.2 Å². The fourth-order valence-corrected chi connectivity index (χ4v) is 3.88. The maximum atomic E-state index is 6.03. The SMILES string of the molecule is Cc1cc(C(NN)C2CCOC3(CCC3)C2)ccc1Br. The van der Waals surface area contributed by atoms with E-state index in [2.05, 4.69) is 46.5 Å². The minimum Gasteiger partial charge on any atom is -0.375 e. The van der Waals surface area contributed by atoms with Crippen LogP contribution in [0.25, 0.3) is 0 Å². The van der Waals surface area contributed by atoms with Crippen molar-refractivity contribution in [2.45, 2.75) is 50.7 Å². The number of rotatable bonds is 3. The average molecular weight is 339 g/mol. The van der Waals surface area contributed by atoms with Crippen LogP contribution in [0.2, 0.25) is 0 Å². The first-order valence-electron chi connectivity index (χ1n) is 7.50. The number of halogens is 1. The first-order chi connectivity index (χ1) is 9.63. The molecule has 1 aromatic carbocycles. The molecule has 2 fully saturated rings. The van der Waals surface area contributed by atoms with E-state index in [-0.39, 0.29) is 11.6 Å². The van der Waals surface area contributed by atoms with Crippen molar-refractivity contribution in [2.75, 3.05) is 6.61 Å². The molecule has 1 aliphatic carbocycles. The van der Waals surface area contributed by atoms with Gasteiger partial charge >= 0.3 is 0 Å². The zero-order chi connectivity index (χ0) is 14.2. The van der Waals surface area contributed by atoms with Gasteiger partial charge < -0.3 is 4.74 Å². The van der Waals surface area contributed by atoms with Crippen molar-refractivity contribution in [1.82, 2.24) is 5.43 Å². The van der Waals surface area contributed by atoms with Crippen molar-refractivity contribution in [3.8, 4) is 0 Å². The highest BCUT2D eigenvalue weighted by Crippen LogP contribution is 2.47. The summed E-state index contributed by atoms with van der Waals surface area (Å²) in [6.07, 6.45) is 5.98. The smallest absolute Gasteiger partial charge is 0.0686 e. The molecule has 0 bridgehead atoms. The fraction of sp³-hybridized carbons (Fsp3) is 0.625. The quantitative estimate of drug-likeness (QED) is 0.653. The van der Waals surface area contributed by atoms with Gasteiger partial charge in [0.15, 0.2) is 0 Å². The van der Waals surface area contributed by atoms with Gasteiger partial charge in [-0.15, -0.1) is 0 Å². The van der Waals surface area contributed by atoms with Crippen molar-refractivity contribution >= 4 is 15.9 Å². The largest absolute Gasteiger partial charge is 0.375 e. The van der Waals surface area contributed by atoms with Gasteiger partial charge in [0.25, 0.3) is 0 Å². The minimum absolute atomic E-state index is 0.169. The van der Waals surface area contributed by atoms with Gasteiger partial charge in [-0.2, -0.15) is 0 Å². The Bertz CT molecular complexity index is 487. The predicted molar refractivity (Wildman–Crippen MR) is 84.2 cm³/mol. The number of nitrogens with two attached hydrogens (primary N) is 1. The number of hydrazine groups is 1. The molecule has 3 nitrogen and oxygen atoms in total. The fourth-order valence-electron chi connectivity index (χ4n) is 3.64. The van der Waals surface area contributed by atoms with Crippen molar-refractivity contribution in [1.29, 1.82) is 0 Å². The molecule has 2 aliphatic rings. The molecule has 0 amide bonds. The van der Waals surface area contributed by atoms with Crippen LogP contribution in [0.15, 0.2) is 22.7 Å². The van der Waals surface area contributed by atoms with E-state index >= 15 is 0 Å². The molecule has 1 saturated carbocycles. The molecule has 0 radical (unpaired) electrons. The number of aryl methyl sites for hydroxylation is 1. The second-order valence-electron chi connectivity index (χ2n) is 6.29. The lowest BCUT2D eigenvalue weighted by molar-refractivity contribution is -0.147. The summed E-state index contributed by atoms with van der Waals surface area (Å²) in [6, 6.07) is 6.75. The second kappa shape index (κ2) is 5.76. The van der Waals surface area contributed by atoms with Crippen molar-refractivity contribution in [3.05, 3.63) is 33.8 Å². The van der Waals surface area contributed by atoms with E-state index in [0.29, 0.717) is 5.92 Å². The highest BCUT2D eigenvalue weighted by atomic mass is 79.9. The van der Waals surface area contributed by atoms with Crippen LogP contribution < -0.4 is 11.3 Å². The Morgan fingerprint density at radius 3 is 2.85 bits per heavy atom. The van der Waals surface area contributed by atoms with Gasteiger partial charge in [0.05, 0.1) is 5.60 Å². The maximum Gasteiger partial charge on any atom is 0.0686 e. The second-order valence-corrected chi connectivity index (χ2v) is 7.15. The highest BCUT2D eigenvalue weighted by molar-refractivity contribution is 9.10. The Hall–Kier alpha value is -0.420. The van der Waals surface area contributed by atoms with Gasteiger partial charge in [-0.1, -0.05) is 28.1 Å². The lowest BCUT2D eigenvalue weighted by Gasteiger charge is -2.48. The van der Waals surface area contributed by atoms with E-state index in [1.807, 2.05) is 0 Å². The predicted octanol–water partition coefficient (Wildman–Crippen LogP) is 3.61. The lowest BCUT2D eigenvalue weighted by Crippen LogP contribution is -2.48. The third-order valence-electron chi connectivity index (χ3n) is 4.99. The molecule has 2 unspecified atom stereocenters. The van der Waals surface area contributed by atoms with Crippen molar-refractivity contribution in [2.24, 2.45) is 11.8 Å². The molecule has 1 saturated heterocycles. The van der Waals surface area contributed by atoms with E-state index in [9.17, 15) is 0 Å². The van der Waals surface area contributed by atoms with Crippen LogP contribution in [0, 0.1) is 12.8 Å². The molecule has 20 heavy (non-hydrogen) atoms. The monoisotopic (exact) mass is 338 g/mol. The molecule has 110 valence electrons. The van der Waals surface area contributed by atoms with Crippen LogP contribution in [0.3, 0.4) is 0 Å². The van der Waals surface area contributed by atoms with Gasteiger partial charge in [0.2, 0.25) is 0 Å². The highest BCUT2D eigenvalue weighted by Gasteiger charge is 2.44. The van der Waals surface area contributed by atoms with Crippen LogP contribution >= 0.6 is 15.9 Å². The number of hydrogen-bond acceptors (Lipinski definition) is 3. The number of ether oxygens (including phenoxy) is 1. The summed E-state index contributed by atoms with van der Waals surface area (Å²) >= 11 is 3.56. The molecular weight excluding hydrogens is 316 g/mol. The summed E-state index contributed by atoms with van der Waals surface area (Å²) in [6.45, 7) is 3.00. The van der Waals surface area contributed by atoms with Gasteiger partial charge in [-0.25, -0.2) is 0 Å². The topological polar surface area (TPSA) is 47.3 Å². The Balaban J connectivity index is 1.79. The summed E-state index contributed by atoms with van der Waals surface area (Å²) in [5, 5.41) is 0. The number of nitrogens with one attached hydrogen (secondary N) is 1. The standard InChI is InChI=1S/C16H23BrN2O/c1-11-9-12(3-4-14(11)17)15(19-18)13-5-8-20-16(10-13)6-2-7-16/h3-4,9,13,15,19H,2,5-8,10,18H2,1H3. The first kappa shape index (κ1) is 14.5. The molecule has 1 spiro atoms. The molecule has 1 aliphatic heterocycles. The zero-order valence-electron chi connectivity index (χ0n) is 12.0. The molecule has 1 heterocycles. The Morgan fingerprint density at radius 2 is 2.25 bits per heavy atom. The number of hydrogen-bond donors (Lipinski definition) is 2. The van der Waals surface area contributed by atoms with Crippen LogP contribution in [-0.2, 0) is 4.74 Å². The summed E-state index contributed by atoms with van der Waals surface area (Å²) in [5.74, 6) is 6.43. The first-order valence-corrected chi connectivity index (χ1v) is 8.29. The number of benzene rings is 1. The molecule has 4 heteroatoms. The van der Waals surface area contributed by atoms with Crippen LogP contribution in [0.5, 0.6) is 0 Å². The van der Waals surface area contributed by atoms with Crippen LogP contribution in [0.1, 0.15) is 49.3 Å². The van der Waals surface area contributed by atoms with E-state index in [1.54, 1.807) is 0 Å². The van der Waals surface area contributed by atoms with Gasteiger partial charge in [-0.3, -0.25) is 11.3 Å². The summed E-state index contributed by atoms with van der Waals surface area (Å²) in [7, 11) is 0. The third kappa shape index (κ3) is 2.67. The molecular formula is C16H23BrN2O. The molecule has 3 N–H and O–H groups in total. The van der Waals surface area contributed by atoms with E-state index in [4.69, 9.17) is 10.6 Å². The molecule has 3 rings (SSSR count). The third-order valence-corrected chi connectivity index (χ3v) is 5.88. The van der Waals surface area contributed by atoms with Gasteiger partial charge in [0, 0.05) is 17.1 Å². The molecule has 1 aromatic rings. The van der Waals surface area contributed by atoms with E-state index in [0.717, 1.165) is 23.9 Å². The summed E-state index contributed by atoms with van der Waals surface area (Å²) < 4.78 is 7.18. The average Bonchev–Trinajstić information content (AvgIpc) is 2.42. The minimum atomic E-state index is 0.169. The summed E-state index contributed by atoms with van der Waals surface area (Å²) in [5.41, 5.74) is 5.76. The zero-order valence-corrected chi connectivity index (χ0v) is 13.6.